The number of nitrogen functional groups attached to an aromatic ring is 1. The number of nitrogens with zero attached hydrogens (tertiary/aromatic N) is 1. The molecule has 0 bridgehead atoms. The molecule has 0 aliphatic carbocycles. The van der Waals surface area contributed by atoms with E-state index in [-0.39, 0.29) is 35.6 Å². The second kappa shape index (κ2) is 5.44. The smallest absolute Gasteiger partial charge is 0.418 e. The molecule has 0 atom stereocenters. The van der Waals surface area contributed by atoms with E-state index in [1.807, 2.05) is 0 Å². The number of hydrogen-bond acceptors (Lipinski definition) is 4. The van der Waals surface area contributed by atoms with Gasteiger partial charge < -0.3 is 20.5 Å². The van der Waals surface area contributed by atoms with Crippen molar-refractivity contribution in [2.75, 3.05) is 36.9 Å². The van der Waals surface area contributed by atoms with Crippen molar-refractivity contribution in [3.63, 3.8) is 0 Å². The molecule has 0 spiro atoms. The standard InChI is InChI=1S/C13H15F3N2O3/c1-7-10(13(14,15)16)9(18-2-4-21-5-3-18)6-8(11(7)17)12(19)20/h6H,2-5,17H2,1H3,(H,19,20). The molecule has 8 heteroatoms. The number of ether oxygens (including phenoxy) is 1. The lowest BCUT2D eigenvalue weighted by atomic mass is 9.98. The fourth-order valence-corrected chi connectivity index (χ4v) is 2.40. The van der Waals surface area contributed by atoms with Crippen LogP contribution in [0.5, 0.6) is 0 Å². The lowest BCUT2D eigenvalue weighted by Crippen LogP contribution is -2.38. The number of nitrogens with two attached hydrogens (primary N) is 1. The maximum absolute atomic E-state index is 13.3. The molecule has 116 valence electrons. The number of anilines is 2. The summed E-state index contributed by atoms with van der Waals surface area (Å²) in [4.78, 5) is 12.6. The third-order valence-electron chi connectivity index (χ3n) is 3.47. The van der Waals surface area contributed by atoms with Gasteiger partial charge in [-0.05, 0) is 18.6 Å². The normalized spacial score (nSPS) is 16.1. The van der Waals surface area contributed by atoms with Crippen LogP contribution in [0.15, 0.2) is 6.07 Å². The first-order valence-corrected chi connectivity index (χ1v) is 6.29. The van der Waals surface area contributed by atoms with E-state index in [1.165, 1.54) is 11.8 Å². The zero-order chi connectivity index (χ0) is 15.8. The zero-order valence-electron chi connectivity index (χ0n) is 11.3. The predicted octanol–water partition coefficient (Wildman–Crippen LogP) is 2.13. The molecule has 1 aliphatic rings. The van der Waals surface area contributed by atoms with Gasteiger partial charge >= 0.3 is 12.1 Å². The van der Waals surface area contributed by atoms with Crippen LogP contribution in [-0.2, 0) is 10.9 Å². The van der Waals surface area contributed by atoms with Crippen LogP contribution in [-0.4, -0.2) is 37.4 Å². The van der Waals surface area contributed by atoms with E-state index in [2.05, 4.69) is 0 Å². The number of carbonyl (C=O) groups is 1. The Morgan fingerprint density at radius 1 is 1.38 bits per heavy atom. The number of benzene rings is 1. The van der Waals surface area contributed by atoms with E-state index in [1.54, 1.807) is 0 Å². The second-order valence-corrected chi connectivity index (χ2v) is 4.76. The summed E-state index contributed by atoms with van der Waals surface area (Å²) in [6.45, 7) is 2.32. The first-order valence-electron chi connectivity index (χ1n) is 6.29. The highest BCUT2D eigenvalue weighted by atomic mass is 19.4. The first-order chi connectivity index (χ1) is 9.73. The van der Waals surface area contributed by atoms with Crippen LogP contribution in [0, 0.1) is 6.92 Å². The van der Waals surface area contributed by atoms with E-state index in [0.717, 1.165) is 6.07 Å². The van der Waals surface area contributed by atoms with Gasteiger partial charge in [-0.15, -0.1) is 0 Å². The van der Waals surface area contributed by atoms with Gasteiger partial charge in [-0.2, -0.15) is 13.2 Å². The fraction of sp³-hybridized carbons (Fsp3) is 0.462. The third-order valence-corrected chi connectivity index (χ3v) is 3.47. The van der Waals surface area contributed by atoms with Crippen molar-refractivity contribution in [3.8, 4) is 0 Å². The summed E-state index contributed by atoms with van der Waals surface area (Å²) in [6.07, 6.45) is -4.61. The quantitative estimate of drug-likeness (QED) is 0.819. The molecular weight excluding hydrogens is 289 g/mol. The Morgan fingerprint density at radius 3 is 2.43 bits per heavy atom. The maximum Gasteiger partial charge on any atom is 0.418 e. The summed E-state index contributed by atoms with van der Waals surface area (Å²) in [5.74, 6) is -1.35. The van der Waals surface area contributed by atoms with Crippen LogP contribution in [0.2, 0.25) is 0 Å². The van der Waals surface area contributed by atoms with Crippen molar-refractivity contribution in [3.05, 3.63) is 22.8 Å². The summed E-state index contributed by atoms with van der Waals surface area (Å²) in [5, 5.41) is 9.10. The molecule has 5 nitrogen and oxygen atoms in total. The van der Waals surface area contributed by atoms with Crippen molar-refractivity contribution in [2.45, 2.75) is 13.1 Å². The van der Waals surface area contributed by atoms with Crippen LogP contribution in [0.4, 0.5) is 24.5 Å². The van der Waals surface area contributed by atoms with Crippen molar-refractivity contribution >= 4 is 17.3 Å². The van der Waals surface area contributed by atoms with Gasteiger partial charge in [-0.25, -0.2) is 4.79 Å². The van der Waals surface area contributed by atoms with Gasteiger partial charge in [0.05, 0.1) is 30.0 Å². The zero-order valence-corrected chi connectivity index (χ0v) is 11.3. The molecule has 0 unspecified atom stereocenters. The van der Waals surface area contributed by atoms with Gasteiger partial charge in [0, 0.05) is 18.8 Å². The number of aromatic carboxylic acids is 1. The van der Waals surface area contributed by atoms with Crippen molar-refractivity contribution in [1.29, 1.82) is 0 Å². The third kappa shape index (κ3) is 2.90. The highest BCUT2D eigenvalue weighted by Gasteiger charge is 2.39. The number of carboxylic acid groups (broad SMARTS) is 1. The first kappa shape index (κ1) is 15.4. The van der Waals surface area contributed by atoms with Crippen LogP contribution in [0.3, 0.4) is 0 Å². The van der Waals surface area contributed by atoms with E-state index >= 15 is 0 Å². The van der Waals surface area contributed by atoms with Crippen LogP contribution in [0.1, 0.15) is 21.5 Å². The van der Waals surface area contributed by atoms with Gasteiger partial charge in [-0.1, -0.05) is 0 Å². The minimum absolute atomic E-state index is 0.157. The van der Waals surface area contributed by atoms with Gasteiger partial charge in [0.15, 0.2) is 0 Å². The molecule has 1 heterocycles. The monoisotopic (exact) mass is 304 g/mol. The molecule has 1 aromatic rings. The van der Waals surface area contributed by atoms with Crippen molar-refractivity contribution in [2.24, 2.45) is 0 Å². The summed E-state index contributed by atoms with van der Waals surface area (Å²) >= 11 is 0. The lowest BCUT2D eigenvalue weighted by Gasteiger charge is -2.32. The topological polar surface area (TPSA) is 75.8 Å². The summed E-state index contributed by atoms with van der Waals surface area (Å²) in [5.41, 5.74) is 3.58. The van der Waals surface area contributed by atoms with Crippen LogP contribution < -0.4 is 10.6 Å². The van der Waals surface area contributed by atoms with Crippen molar-refractivity contribution < 1.29 is 27.8 Å². The Balaban J connectivity index is 2.66. The molecule has 1 aromatic carbocycles. The van der Waals surface area contributed by atoms with Gasteiger partial charge in [0.2, 0.25) is 0 Å². The molecular formula is C13H15F3N2O3. The van der Waals surface area contributed by atoms with Crippen LogP contribution in [0.25, 0.3) is 0 Å². The molecule has 0 radical (unpaired) electrons. The molecule has 1 aliphatic heterocycles. The minimum Gasteiger partial charge on any atom is -0.478 e. The Kier molecular flexibility index (Phi) is 3.99. The number of carboxylic acids is 1. The maximum atomic E-state index is 13.3. The molecule has 0 aromatic heterocycles. The molecule has 3 N–H and O–H groups in total. The molecule has 0 amide bonds. The van der Waals surface area contributed by atoms with E-state index < -0.39 is 17.7 Å². The number of alkyl halides is 3. The van der Waals surface area contributed by atoms with E-state index in [0.29, 0.717) is 13.2 Å². The minimum atomic E-state index is -4.61. The highest BCUT2D eigenvalue weighted by molar-refractivity contribution is 5.96. The Labute approximate surface area is 119 Å². The van der Waals surface area contributed by atoms with Gasteiger partial charge in [-0.3, -0.25) is 0 Å². The van der Waals surface area contributed by atoms with Crippen LogP contribution >= 0.6 is 0 Å². The summed E-state index contributed by atoms with van der Waals surface area (Å²) in [7, 11) is 0. The van der Waals surface area contributed by atoms with E-state index in [9.17, 15) is 18.0 Å². The molecule has 2 rings (SSSR count). The number of morpholine rings is 1. The molecule has 1 fully saturated rings. The SMILES string of the molecule is Cc1c(N)c(C(=O)O)cc(N2CCOCC2)c1C(F)(F)F. The average Bonchev–Trinajstić information content (AvgIpc) is 2.40. The highest BCUT2D eigenvalue weighted by Crippen LogP contribution is 2.42. The number of hydrogen-bond donors (Lipinski definition) is 2. The Hall–Kier alpha value is -1.96. The Bertz CT molecular complexity index is 567. The summed E-state index contributed by atoms with van der Waals surface area (Å²) in [6, 6.07) is 0.999. The average molecular weight is 304 g/mol. The van der Waals surface area contributed by atoms with Gasteiger partial charge in [0.25, 0.3) is 0 Å². The Morgan fingerprint density at radius 2 is 1.95 bits per heavy atom. The molecule has 0 saturated carbocycles. The lowest BCUT2D eigenvalue weighted by molar-refractivity contribution is -0.137. The number of rotatable bonds is 2. The molecule has 21 heavy (non-hydrogen) atoms. The van der Waals surface area contributed by atoms with Crippen molar-refractivity contribution in [1.82, 2.24) is 0 Å². The second-order valence-electron chi connectivity index (χ2n) is 4.76. The predicted molar refractivity (Wildman–Crippen MR) is 70.6 cm³/mol. The van der Waals surface area contributed by atoms with Gasteiger partial charge in [0.1, 0.15) is 0 Å². The number of halogens is 3. The molecule has 1 saturated heterocycles. The summed E-state index contributed by atoms with van der Waals surface area (Å²) < 4.78 is 45.1. The largest absolute Gasteiger partial charge is 0.478 e. The fourth-order valence-electron chi connectivity index (χ4n) is 2.40. The van der Waals surface area contributed by atoms with E-state index in [4.69, 9.17) is 15.6 Å².